The topological polar surface area (TPSA) is 75.9 Å². The second-order valence-corrected chi connectivity index (χ2v) is 6.08. The van der Waals surface area contributed by atoms with Gasteiger partial charge >= 0.3 is 0 Å². The van der Waals surface area contributed by atoms with Crippen molar-refractivity contribution >= 4 is 22.7 Å². The van der Waals surface area contributed by atoms with Gasteiger partial charge in [0, 0.05) is 44.5 Å². The Morgan fingerprint density at radius 3 is 2.21 bits per heavy atom. The average Bonchev–Trinajstić information content (AvgIpc) is 2.99. The lowest BCUT2D eigenvalue weighted by Crippen LogP contribution is -2.47. The molecule has 0 aromatic carbocycles. The SMILES string of the molecule is Cc1ncnc(N2CCN(c3ncnc4c3cnn4C)CC2)c1C. The van der Waals surface area contributed by atoms with Crippen molar-refractivity contribution in [3.05, 3.63) is 30.1 Å². The van der Waals surface area contributed by atoms with E-state index in [-0.39, 0.29) is 0 Å². The normalized spacial score (nSPS) is 15.3. The van der Waals surface area contributed by atoms with Crippen molar-refractivity contribution in [2.75, 3.05) is 36.0 Å². The summed E-state index contributed by atoms with van der Waals surface area (Å²) in [4.78, 5) is 22.2. The van der Waals surface area contributed by atoms with Crippen molar-refractivity contribution < 1.29 is 0 Å². The van der Waals surface area contributed by atoms with Gasteiger partial charge < -0.3 is 9.80 Å². The maximum absolute atomic E-state index is 4.49. The van der Waals surface area contributed by atoms with E-state index in [1.54, 1.807) is 17.3 Å². The molecule has 3 aromatic rings. The van der Waals surface area contributed by atoms with Gasteiger partial charge in [0.25, 0.3) is 0 Å². The summed E-state index contributed by atoms with van der Waals surface area (Å²) in [7, 11) is 1.90. The van der Waals surface area contributed by atoms with Crippen LogP contribution in [0.5, 0.6) is 0 Å². The van der Waals surface area contributed by atoms with E-state index < -0.39 is 0 Å². The molecule has 0 amide bonds. The standard InChI is InChI=1S/C16H20N8/c1-11-12(2)17-9-18-14(11)23-4-6-24(7-5-23)16-13-8-21-22(3)15(13)19-10-20-16/h8-10H,4-7H2,1-3H3. The molecule has 24 heavy (non-hydrogen) atoms. The van der Waals surface area contributed by atoms with Crippen molar-refractivity contribution in [3.63, 3.8) is 0 Å². The van der Waals surface area contributed by atoms with Crippen LogP contribution in [0, 0.1) is 13.8 Å². The molecule has 0 atom stereocenters. The summed E-state index contributed by atoms with van der Waals surface area (Å²) in [5.41, 5.74) is 3.06. The van der Waals surface area contributed by atoms with E-state index in [1.165, 1.54) is 0 Å². The summed E-state index contributed by atoms with van der Waals surface area (Å²) >= 11 is 0. The number of hydrogen-bond acceptors (Lipinski definition) is 7. The predicted molar refractivity (Wildman–Crippen MR) is 92.2 cm³/mol. The molecule has 1 aliphatic rings. The van der Waals surface area contributed by atoms with Crippen LogP contribution in [0.2, 0.25) is 0 Å². The van der Waals surface area contributed by atoms with Gasteiger partial charge in [-0.25, -0.2) is 19.9 Å². The Balaban J connectivity index is 1.56. The van der Waals surface area contributed by atoms with Gasteiger partial charge in [-0.3, -0.25) is 4.68 Å². The van der Waals surface area contributed by atoms with Crippen molar-refractivity contribution in [2.24, 2.45) is 7.05 Å². The van der Waals surface area contributed by atoms with E-state index in [0.717, 1.165) is 60.1 Å². The van der Waals surface area contributed by atoms with E-state index in [4.69, 9.17) is 0 Å². The zero-order chi connectivity index (χ0) is 16.7. The first-order valence-electron chi connectivity index (χ1n) is 8.06. The third-order valence-corrected chi connectivity index (χ3v) is 4.70. The van der Waals surface area contributed by atoms with Gasteiger partial charge in [-0.2, -0.15) is 5.10 Å². The molecule has 0 N–H and O–H groups in total. The Hall–Kier alpha value is -2.77. The summed E-state index contributed by atoms with van der Waals surface area (Å²) in [5, 5.41) is 5.30. The summed E-state index contributed by atoms with van der Waals surface area (Å²) < 4.78 is 1.78. The van der Waals surface area contributed by atoms with E-state index in [9.17, 15) is 0 Å². The minimum atomic E-state index is 0.865. The van der Waals surface area contributed by atoms with Gasteiger partial charge in [0.05, 0.1) is 11.6 Å². The predicted octanol–water partition coefficient (Wildman–Crippen LogP) is 1.10. The second-order valence-electron chi connectivity index (χ2n) is 6.08. The molecule has 0 radical (unpaired) electrons. The number of nitrogens with zero attached hydrogens (tertiary/aromatic N) is 8. The van der Waals surface area contributed by atoms with Gasteiger partial charge in [-0.1, -0.05) is 0 Å². The third kappa shape index (κ3) is 2.34. The molecule has 4 rings (SSSR count). The van der Waals surface area contributed by atoms with E-state index in [0.29, 0.717) is 0 Å². The van der Waals surface area contributed by atoms with Gasteiger partial charge in [0.1, 0.15) is 24.3 Å². The molecule has 124 valence electrons. The van der Waals surface area contributed by atoms with Crippen molar-refractivity contribution in [1.29, 1.82) is 0 Å². The summed E-state index contributed by atoms with van der Waals surface area (Å²) in [6.07, 6.45) is 5.10. The average molecular weight is 324 g/mol. The maximum atomic E-state index is 4.49. The second kappa shape index (κ2) is 5.70. The smallest absolute Gasteiger partial charge is 0.163 e. The van der Waals surface area contributed by atoms with Crippen LogP contribution in [0.4, 0.5) is 11.6 Å². The molecule has 1 aliphatic heterocycles. The lowest BCUT2D eigenvalue weighted by atomic mass is 10.2. The van der Waals surface area contributed by atoms with E-state index in [1.807, 2.05) is 20.2 Å². The number of fused-ring (bicyclic) bond motifs is 1. The minimum absolute atomic E-state index is 0.865. The first kappa shape index (κ1) is 14.8. The fraction of sp³-hybridized carbons (Fsp3) is 0.438. The number of hydrogen-bond donors (Lipinski definition) is 0. The van der Waals surface area contributed by atoms with Crippen LogP contribution >= 0.6 is 0 Å². The van der Waals surface area contributed by atoms with Crippen LogP contribution in [0.25, 0.3) is 11.0 Å². The van der Waals surface area contributed by atoms with Crippen LogP contribution in [-0.4, -0.2) is 55.9 Å². The van der Waals surface area contributed by atoms with Crippen LogP contribution in [0.15, 0.2) is 18.9 Å². The molecule has 1 fully saturated rings. The monoisotopic (exact) mass is 324 g/mol. The quantitative estimate of drug-likeness (QED) is 0.698. The molecule has 4 heterocycles. The molecule has 1 saturated heterocycles. The highest BCUT2D eigenvalue weighted by Gasteiger charge is 2.23. The van der Waals surface area contributed by atoms with Crippen molar-refractivity contribution in [1.82, 2.24) is 29.7 Å². The van der Waals surface area contributed by atoms with Gasteiger partial charge in [0.15, 0.2) is 5.65 Å². The number of rotatable bonds is 2. The fourth-order valence-electron chi connectivity index (χ4n) is 3.18. The van der Waals surface area contributed by atoms with Crippen molar-refractivity contribution in [3.8, 4) is 0 Å². The van der Waals surface area contributed by atoms with E-state index in [2.05, 4.69) is 41.8 Å². The Morgan fingerprint density at radius 1 is 0.833 bits per heavy atom. The largest absolute Gasteiger partial charge is 0.353 e. The number of aryl methyl sites for hydroxylation is 2. The molecule has 0 spiro atoms. The lowest BCUT2D eigenvalue weighted by Gasteiger charge is -2.36. The fourth-order valence-corrected chi connectivity index (χ4v) is 3.18. The van der Waals surface area contributed by atoms with Crippen LogP contribution in [0.1, 0.15) is 11.3 Å². The van der Waals surface area contributed by atoms with Gasteiger partial charge in [-0.15, -0.1) is 0 Å². The zero-order valence-corrected chi connectivity index (χ0v) is 14.1. The highest BCUT2D eigenvalue weighted by molar-refractivity contribution is 5.86. The number of anilines is 2. The molecule has 0 bridgehead atoms. The molecule has 0 unspecified atom stereocenters. The van der Waals surface area contributed by atoms with Gasteiger partial charge in [-0.05, 0) is 13.8 Å². The zero-order valence-electron chi connectivity index (χ0n) is 14.1. The molecular formula is C16H20N8. The highest BCUT2D eigenvalue weighted by atomic mass is 15.3. The Morgan fingerprint density at radius 2 is 1.46 bits per heavy atom. The lowest BCUT2D eigenvalue weighted by molar-refractivity contribution is 0.640. The maximum Gasteiger partial charge on any atom is 0.163 e. The first-order chi connectivity index (χ1) is 11.6. The molecule has 3 aromatic heterocycles. The molecular weight excluding hydrogens is 304 g/mol. The minimum Gasteiger partial charge on any atom is -0.353 e. The molecule has 0 aliphatic carbocycles. The number of aromatic nitrogens is 6. The molecule has 8 nitrogen and oxygen atoms in total. The summed E-state index contributed by atoms with van der Waals surface area (Å²) in [6.45, 7) is 7.70. The Labute approximate surface area is 140 Å². The van der Waals surface area contributed by atoms with Gasteiger partial charge in [0.2, 0.25) is 0 Å². The van der Waals surface area contributed by atoms with Crippen LogP contribution in [-0.2, 0) is 7.05 Å². The Bertz CT molecular complexity index is 879. The Kier molecular flexibility index (Phi) is 3.51. The molecule has 0 saturated carbocycles. The third-order valence-electron chi connectivity index (χ3n) is 4.70. The molecule has 8 heteroatoms. The van der Waals surface area contributed by atoms with Crippen LogP contribution in [0.3, 0.4) is 0 Å². The summed E-state index contributed by atoms with van der Waals surface area (Å²) in [5.74, 6) is 2.00. The van der Waals surface area contributed by atoms with E-state index >= 15 is 0 Å². The first-order valence-corrected chi connectivity index (χ1v) is 8.06. The van der Waals surface area contributed by atoms with Crippen LogP contribution < -0.4 is 9.80 Å². The number of piperazine rings is 1. The highest BCUT2D eigenvalue weighted by Crippen LogP contribution is 2.25. The van der Waals surface area contributed by atoms with Crippen molar-refractivity contribution in [2.45, 2.75) is 13.8 Å². The summed E-state index contributed by atoms with van der Waals surface area (Å²) in [6, 6.07) is 0.